The smallest absolute Gasteiger partial charge is 0.251 e. The van der Waals surface area contributed by atoms with E-state index in [2.05, 4.69) is 5.32 Å². The molecular formula is C9H9F2N3O2. The van der Waals surface area contributed by atoms with Gasteiger partial charge in [-0.1, -0.05) is 0 Å². The number of hydrogen-bond donors (Lipinski definition) is 3. The van der Waals surface area contributed by atoms with Crippen LogP contribution < -0.4 is 16.8 Å². The van der Waals surface area contributed by atoms with Crippen LogP contribution >= 0.6 is 0 Å². The number of nitrogens with two attached hydrogens (primary N) is 2. The SMILES string of the molecule is NCC(=O)Nc1cc(C(N)=O)c(F)cc1F. The minimum Gasteiger partial charge on any atom is -0.366 e. The molecule has 2 amide bonds. The molecule has 0 unspecified atom stereocenters. The molecule has 1 aromatic carbocycles. The number of carbonyl (C=O) groups is 2. The van der Waals surface area contributed by atoms with E-state index < -0.39 is 29.0 Å². The van der Waals surface area contributed by atoms with E-state index in [0.29, 0.717) is 6.07 Å². The molecule has 0 bridgehead atoms. The molecule has 0 saturated heterocycles. The summed E-state index contributed by atoms with van der Waals surface area (Å²) < 4.78 is 26.2. The van der Waals surface area contributed by atoms with Crippen LogP contribution in [0.25, 0.3) is 0 Å². The van der Waals surface area contributed by atoms with Gasteiger partial charge in [-0.15, -0.1) is 0 Å². The fraction of sp³-hybridized carbons (Fsp3) is 0.111. The van der Waals surface area contributed by atoms with Gasteiger partial charge >= 0.3 is 0 Å². The van der Waals surface area contributed by atoms with Gasteiger partial charge in [0.2, 0.25) is 5.91 Å². The molecule has 5 N–H and O–H groups in total. The number of carbonyl (C=O) groups excluding carboxylic acids is 2. The lowest BCUT2D eigenvalue weighted by molar-refractivity contribution is -0.114. The van der Waals surface area contributed by atoms with Crippen LogP contribution in [0.2, 0.25) is 0 Å². The molecule has 1 rings (SSSR count). The van der Waals surface area contributed by atoms with Crippen LogP contribution in [0.5, 0.6) is 0 Å². The number of anilines is 1. The molecule has 0 spiro atoms. The van der Waals surface area contributed by atoms with E-state index in [0.717, 1.165) is 6.07 Å². The zero-order chi connectivity index (χ0) is 12.3. The summed E-state index contributed by atoms with van der Waals surface area (Å²) in [7, 11) is 0. The maximum absolute atomic E-state index is 13.1. The summed E-state index contributed by atoms with van der Waals surface area (Å²) in [6, 6.07) is 1.28. The Morgan fingerprint density at radius 2 is 1.88 bits per heavy atom. The van der Waals surface area contributed by atoms with Crippen molar-refractivity contribution < 1.29 is 18.4 Å². The summed E-state index contributed by atoms with van der Waals surface area (Å²) in [6.45, 7) is -0.358. The molecule has 86 valence electrons. The normalized spacial score (nSPS) is 9.94. The highest BCUT2D eigenvalue weighted by atomic mass is 19.1. The zero-order valence-electron chi connectivity index (χ0n) is 8.09. The standard InChI is InChI=1S/C9H9F2N3O2/c10-5-2-6(11)7(14-8(15)3-12)1-4(5)9(13)16/h1-2H,3,12H2,(H2,13,16)(H,14,15). The van der Waals surface area contributed by atoms with Gasteiger partial charge < -0.3 is 16.8 Å². The van der Waals surface area contributed by atoms with Crippen LogP contribution in [-0.2, 0) is 4.79 Å². The van der Waals surface area contributed by atoms with Gasteiger partial charge in [-0.3, -0.25) is 9.59 Å². The number of primary amides is 1. The van der Waals surface area contributed by atoms with E-state index in [1.165, 1.54) is 0 Å². The van der Waals surface area contributed by atoms with Crippen LogP contribution in [0.15, 0.2) is 12.1 Å². The van der Waals surface area contributed by atoms with Crippen molar-refractivity contribution in [1.29, 1.82) is 0 Å². The summed E-state index contributed by atoms with van der Waals surface area (Å²) in [5.74, 6) is -3.82. The number of nitrogens with one attached hydrogen (secondary N) is 1. The number of rotatable bonds is 3. The number of amides is 2. The summed E-state index contributed by atoms with van der Waals surface area (Å²) in [5.41, 5.74) is 9.01. The second-order valence-corrected chi connectivity index (χ2v) is 2.93. The predicted molar refractivity (Wildman–Crippen MR) is 52.6 cm³/mol. The summed E-state index contributed by atoms with van der Waals surface area (Å²) in [6.07, 6.45) is 0. The van der Waals surface area contributed by atoms with E-state index >= 15 is 0 Å². The van der Waals surface area contributed by atoms with E-state index in [9.17, 15) is 18.4 Å². The molecule has 5 nitrogen and oxygen atoms in total. The van der Waals surface area contributed by atoms with Crippen molar-refractivity contribution in [2.45, 2.75) is 0 Å². The van der Waals surface area contributed by atoms with Crippen LogP contribution in [0, 0.1) is 11.6 Å². The molecule has 0 aliphatic rings. The first-order valence-electron chi connectivity index (χ1n) is 4.24. The molecule has 0 saturated carbocycles. The van der Waals surface area contributed by atoms with Gasteiger partial charge in [0.25, 0.3) is 5.91 Å². The fourth-order valence-electron chi connectivity index (χ4n) is 1.03. The van der Waals surface area contributed by atoms with Gasteiger partial charge in [-0.2, -0.15) is 0 Å². The number of hydrogen-bond acceptors (Lipinski definition) is 3. The van der Waals surface area contributed by atoms with Crippen molar-refractivity contribution >= 4 is 17.5 Å². The van der Waals surface area contributed by atoms with Crippen molar-refractivity contribution in [1.82, 2.24) is 0 Å². The lowest BCUT2D eigenvalue weighted by Gasteiger charge is -2.07. The van der Waals surface area contributed by atoms with Crippen LogP contribution in [0.1, 0.15) is 10.4 Å². The molecular weight excluding hydrogens is 220 g/mol. The Kier molecular flexibility index (Phi) is 3.51. The second kappa shape index (κ2) is 4.67. The number of halogens is 2. The Labute approximate surface area is 89.4 Å². The predicted octanol–water partition coefficient (Wildman–Crippen LogP) is -0.0391. The maximum Gasteiger partial charge on any atom is 0.251 e. The lowest BCUT2D eigenvalue weighted by atomic mass is 10.1. The minimum atomic E-state index is -1.09. The molecule has 0 heterocycles. The molecule has 0 radical (unpaired) electrons. The molecule has 1 aromatic rings. The molecule has 0 atom stereocenters. The topological polar surface area (TPSA) is 98.2 Å². The molecule has 0 aliphatic heterocycles. The Hall–Kier alpha value is -2.02. The quantitative estimate of drug-likeness (QED) is 0.678. The second-order valence-electron chi connectivity index (χ2n) is 2.93. The van der Waals surface area contributed by atoms with E-state index in [1.807, 2.05) is 0 Å². The van der Waals surface area contributed by atoms with Gasteiger partial charge in [0.05, 0.1) is 17.8 Å². The monoisotopic (exact) mass is 229 g/mol. The molecule has 0 aromatic heterocycles. The highest BCUT2D eigenvalue weighted by molar-refractivity contribution is 5.97. The Balaban J connectivity index is 3.14. The van der Waals surface area contributed by atoms with E-state index in [1.54, 1.807) is 0 Å². The van der Waals surface area contributed by atoms with Crippen LogP contribution in [-0.4, -0.2) is 18.4 Å². The van der Waals surface area contributed by atoms with Crippen molar-refractivity contribution in [2.75, 3.05) is 11.9 Å². The van der Waals surface area contributed by atoms with Gasteiger partial charge in [-0.25, -0.2) is 8.78 Å². The zero-order valence-corrected chi connectivity index (χ0v) is 8.09. The Morgan fingerprint density at radius 3 is 2.38 bits per heavy atom. The average Bonchev–Trinajstić information content (AvgIpc) is 2.21. The minimum absolute atomic E-state index is 0.342. The van der Waals surface area contributed by atoms with E-state index in [-0.39, 0.29) is 12.2 Å². The highest BCUT2D eigenvalue weighted by Crippen LogP contribution is 2.19. The molecule has 7 heteroatoms. The summed E-state index contributed by atoms with van der Waals surface area (Å²) >= 11 is 0. The Morgan fingerprint density at radius 1 is 1.25 bits per heavy atom. The van der Waals surface area contributed by atoms with Gasteiger partial charge in [0.15, 0.2) is 0 Å². The molecule has 16 heavy (non-hydrogen) atoms. The van der Waals surface area contributed by atoms with Gasteiger partial charge in [-0.05, 0) is 6.07 Å². The highest BCUT2D eigenvalue weighted by Gasteiger charge is 2.14. The van der Waals surface area contributed by atoms with Gasteiger partial charge in [0.1, 0.15) is 11.6 Å². The van der Waals surface area contributed by atoms with Crippen molar-refractivity contribution in [3.63, 3.8) is 0 Å². The van der Waals surface area contributed by atoms with Crippen LogP contribution in [0.4, 0.5) is 14.5 Å². The Bertz CT molecular complexity index is 449. The first-order valence-corrected chi connectivity index (χ1v) is 4.24. The third-order valence-electron chi connectivity index (χ3n) is 1.78. The molecule has 0 aliphatic carbocycles. The largest absolute Gasteiger partial charge is 0.366 e. The number of benzene rings is 1. The summed E-state index contributed by atoms with van der Waals surface area (Å²) in [5, 5.41) is 2.07. The lowest BCUT2D eigenvalue weighted by Crippen LogP contribution is -2.23. The average molecular weight is 229 g/mol. The first kappa shape index (κ1) is 12.1. The van der Waals surface area contributed by atoms with Crippen LogP contribution in [0.3, 0.4) is 0 Å². The first-order chi connectivity index (χ1) is 7.45. The third-order valence-corrected chi connectivity index (χ3v) is 1.78. The van der Waals surface area contributed by atoms with Gasteiger partial charge in [0, 0.05) is 6.07 Å². The maximum atomic E-state index is 13.1. The summed E-state index contributed by atoms with van der Waals surface area (Å²) in [4.78, 5) is 21.6. The van der Waals surface area contributed by atoms with Crippen molar-refractivity contribution in [2.24, 2.45) is 11.5 Å². The molecule has 0 fully saturated rings. The fourth-order valence-corrected chi connectivity index (χ4v) is 1.03. The van der Waals surface area contributed by atoms with E-state index in [4.69, 9.17) is 11.5 Å². The van der Waals surface area contributed by atoms with Crippen molar-refractivity contribution in [3.05, 3.63) is 29.3 Å². The van der Waals surface area contributed by atoms with Crippen molar-refractivity contribution in [3.8, 4) is 0 Å². The third kappa shape index (κ3) is 2.51.